The van der Waals surface area contributed by atoms with E-state index in [0.29, 0.717) is 25.3 Å². The Hall–Kier alpha value is -1.18. The van der Waals surface area contributed by atoms with Gasteiger partial charge >= 0.3 is 0 Å². The Morgan fingerprint density at radius 2 is 2.32 bits per heavy atom. The van der Waals surface area contributed by atoms with Crippen molar-refractivity contribution in [2.75, 3.05) is 25.5 Å². The number of aliphatic hydroxyl groups is 1. The molecule has 1 aromatic heterocycles. The maximum absolute atomic E-state index is 12.5. The lowest BCUT2D eigenvalue weighted by atomic mass is 10.0. The van der Waals surface area contributed by atoms with Gasteiger partial charge in [0.25, 0.3) is 0 Å². The highest BCUT2D eigenvalue weighted by molar-refractivity contribution is 7.89. The highest BCUT2D eigenvalue weighted by atomic mass is 32.2. The Morgan fingerprint density at radius 3 is 2.89 bits per heavy atom. The van der Waals surface area contributed by atoms with E-state index in [4.69, 9.17) is 0 Å². The van der Waals surface area contributed by atoms with Crippen molar-refractivity contribution in [3.8, 4) is 0 Å². The highest BCUT2D eigenvalue weighted by Crippen LogP contribution is 2.28. The van der Waals surface area contributed by atoms with Gasteiger partial charge < -0.3 is 10.4 Å². The quantitative estimate of drug-likeness (QED) is 0.842. The number of hydrogen-bond acceptors (Lipinski definition) is 5. The number of aromatic nitrogens is 1. The molecule has 0 amide bonds. The molecule has 0 bridgehead atoms. The number of pyridine rings is 1. The largest absolute Gasteiger partial charge is 0.393 e. The summed E-state index contributed by atoms with van der Waals surface area (Å²) >= 11 is 0. The molecule has 7 heteroatoms. The van der Waals surface area contributed by atoms with Gasteiger partial charge in [-0.1, -0.05) is 0 Å². The molecule has 2 heterocycles. The molecule has 0 aliphatic carbocycles. The van der Waals surface area contributed by atoms with Crippen molar-refractivity contribution >= 4 is 15.8 Å². The molecule has 2 N–H and O–H groups in total. The van der Waals surface area contributed by atoms with Crippen molar-refractivity contribution in [2.45, 2.75) is 24.3 Å². The van der Waals surface area contributed by atoms with Gasteiger partial charge in [-0.3, -0.25) is 0 Å². The molecule has 1 aliphatic heterocycles. The summed E-state index contributed by atoms with van der Waals surface area (Å²) in [5.41, 5.74) is 0. The number of nitrogens with one attached hydrogen (secondary N) is 1. The summed E-state index contributed by atoms with van der Waals surface area (Å²) in [5, 5.41) is 12.4. The van der Waals surface area contributed by atoms with Crippen molar-refractivity contribution in [2.24, 2.45) is 5.92 Å². The van der Waals surface area contributed by atoms with Crippen LogP contribution >= 0.6 is 0 Å². The number of nitrogens with zero attached hydrogens (tertiary/aromatic N) is 2. The first kappa shape index (κ1) is 14.2. The normalized spacial score (nSPS) is 22.4. The Morgan fingerprint density at radius 1 is 1.58 bits per heavy atom. The van der Waals surface area contributed by atoms with E-state index < -0.39 is 16.1 Å². The zero-order valence-corrected chi connectivity index (χ0v) is 11.9. The molecule has 6 nitrogen and oxygen atoms in total. The zero-order valence-electron chi connectivity index (χ0n) is 11.1. The summed E-state index contributed by atoms with van der Waals surface area (Å²) in [6.45, 7) is 2.50. The number of anilines is 1. The predicted molar refractivity (Wildman–Crippen MR) is 72.3 cm³/mol. The molecule has 1 aromatic rings. The van der Waals surface area contributed by atoms with Gasteiger partial charge in [0.1, 0.15) is 10.7 Å². The first-order valence-corrected chi connectivity index (χ1v) is 7.72. The molecule has 106 valence electrons. The van der Waals surface area contributed by atoms with Crippen LogP contribution in [0.25, 0.3) is 0 Å². The van der Waals surface area contributed by atoms with E-state index in [2.05, 4.69) is 10.3 Å². The monoisotopic (exact) mass is 285 g/mol. The first-order valence-electron chi connectivity index (χ1n) is 6.28. The topological polar surface area (TPSA) is 82.5 Å². The molecule has 0 radical (unpaired) electrons. The minimum absolute atomic E-state index is 0.00415. The molecule has 1 fully saturated rings. The number of rotatable bonds is 4. The van der Waals surface area contributed by atoms with Crippen LogP contribution in [-0.2, 0) is 10.0 Å². The van der Waals surface area contributed by atoms with Crippen molar-refractivity contribution in [3.63, 3.8) is 0 Å². The molecule has 19 heavy (non-hydrogen) atoms. The molecule has 2 rings (SSSR count). The fourth-order valence-electron chi connectivity index (χ4n) is 2.29. The van der Waals surface area contributed by atoms with Gasteiger partial charge in [0.15, 0.2) is 0 Å². The van der Waals surface area contributed by atoms with E-state index in [9.17, 15) is 13.5 Å². The van der Waals surface area contributed by atoms with Crippen molar-refractivity contribution < 1.29 is 13.5 Å². The number of aliphatic hydroxyl groups excluding tert-OH is 1. The first-order chi connectivity index (χ1) is 8.96. The van der Waals surface area contributed by atoms with Crippen molar-refractivity contribution in [1.29, 1.82) is 0 Å². The maximum Gasteiger partial charge on any atom is 0.246 e. The Balaban J connectivity index is 2.29. The maximum atomic E-state index is 12.5. The lowest BCUT2D eigenvalue weighted by Gasteiger charge is -2.19. The summed E-state index contributed by atoms with van der Waals surface area (Å²) in [7, 11) is -1.91. The molecule has 2 unspecified atom stereocenters. The SMILES string of the molecule is CNc1ncccc1S(=O)(=O)N1CCC(C(C)O)C1. The average molecular weight is 285 g/mol. The Bertz CT molecular complexity index is 545. The Labute approximate surface area is 113 Å². The lowest BCUT2D eigenvalue weighted by Crippen LogP contribution is -2.31. The van der Waals surface area contributed by atoms with Crippen LogP contribution in [-0.4, -0.2) is 49.1 Å². The van der Waals surface area contributed by atoms with Gasteiger partial charge in [-0.2, -0.15) is 4.31 Å². The van der Waals surface area contributed by atoms with Crippen LogP contribution in [0, 0.1) is 5.92 Å². The van der Waals surface area contributed by atoms with Crippen LogP contribution in [0.5, 0.6) is 0 Å². The lowest BCUT2D eigenvalue weighted by molar-refractivity contribution is 0.133. The molecule has 1 aliphatic rings. The van der Waals surface area contributed by atoms with Crippen molar-refractivity contribution in [1.82, 2.24) is 9.29 Å². The Kier molecular flexibility index (Phi) is 4.07. The van der Waals surface area contributed by atoms with Crippen LogP contribution in [0.1, 0.15) is 13.3 Å². The van der Waals surface area contributed by atoms with Crippen LogP contribution in [0.2, 0.25) is 0 Å². The fourth-order valence-corrected chi connectivity index (χ4v) is 3.95. The van der Waals surface area contributed by atoms with E-state index in [1.165, 1.54) is 4.31 Å². The zero-order chi connectivity index (χ0) is 14.0. The van der Waals surface area contributed by atoms with Gasteiger partial charge in [0.2, 0.25) is 10.0 Å². The van der Waals surface area contributed by atoms with Gasteiger partial charge in [0, 0.05) is 26.3 Å². The molecule has 1 saturated heterocycles. The van der Waals surface area contributed by atoms with Crippen molar-refractivity contribution in [3.05, 3.63) is 18.3 Å². The highest BCUT2D eigenvalue weighted by Gasteiger charge is 2.35. The van der Waals surface area contributed by atoms with Crippen LogP contribution in [0.15, 0.2) is 23.2 Å². The van der Waals surface area contributed by atoms with Gasteiger partial charge in [-0.05, 0) is 31.4 Å². The van der Waals surface area contributed by atoms with E-state index in [1.54, 1.807) is 32.3 Å². The third-order valence-corrected chi connectivity index (χ3v) is 5.39. The van der Waals surface area contributed by atoms with Gasteiger partial charge in [0.05, 0.1) is 6.10 Å². The summed E-state index contributed by atoms with van der Waals surface area (Å²) in [6, 6.07) is 3.15. The molecule has 0 spiro atoms. The van der Waals surface area contributed by atoms with Crippen LogP contribution in [0.4, 0.5) is 5.82 Å². The standard InChI is InChI=1S/C12H19N3O3S/c1-9(16)10-5-7-15(8-10)19(17,18)11-4-3-6-14-12(11)13-2/h3-4,6,9-10,16H,5,7-8H2,1-2H3,(H,13,14). The van der Waals surface area contributed by atoms with Gasteiger partial charge in [-0.15, -0.1) is 0 Å². The summed E-state index contributed by atoms with van der Waals surface area (Å²) in [6.07, 6.45) is 1.75. The summed E-state index contributed by atoms with van der Waals surface area (Å²) < 4.78 is 26.5. The molecule has 0 aromatic carbocycles. The van der Waals surface area contributed by atoms with Crippen LogP contribution in [0.3, 0.4) is 0 Å². The van der Waals surface area contributed by atoms with E-state index in [0.717, 1.165) is 0 Å². The van der Waals surface area contributed by atoms with Gasteiger partial charge in [-0.25, -0.2) is 13.4 Å². The summed E-state index contributed by atoms with van der Waals surface area (Å²) in [4.78, 5) is 4.21. The third kappa shape index (κ3) is 2.72. The second kappa shape index (κ2) is 5.44. The second-order valence-electron chi connectivity index (χ2n) is 4.75. The van der Waals surface area contributed by atoms with E-state index in [1.807, 2.05) is 0 Å². The minimum Gasteiger partial charge on any atom is -0.393 e. The number of hydrogen-bond donors (Lipinski definition) is 2. The summed E-state index contributed by atoms with van der Waals surface area (Å²) in [5.74, 6) is 0.354. The average Bonchev–Trinajstić information content (AvgIpc) is 2.89. The number of sulfonamides is 1. The molecule has 0 saturated carbocycles. The van der Waals surface area contributed by atoms with Crippen LogP contribution < -0.4 is 5.32 Å². The molecular weight excluding hydrogens is 266 g/mol. The smallest absolute Gasteiger partial charge is 0.246 e. The second-order valence-corrected chi connectivity index (χ2v) is 6.66. The van der Waals surface area contributed by atoms with E-state index in [-0.39, 0.29) is 10.8 Å². The molecule has 2 atom stereocenters. The predicted octanol–water partition coefficient (Wildman–Crippen LogP) is 0.515. The van der Waals surface area contributed by atoms with E-state index >= 15 is 0 Å². The molecular formula is C12H19N3O3S. The fraction of sp³-hybridized carbons (Fsp3) is 0.583. The minimum atomic E-state index is -3.55. The third-order valence-electron chi connectivity index (χ3n) is 3.49.